The van der Waals surface area contributed by atoms with Crippen molar-refractivity contribution in [1.29, 1.82) is 0 Å². The lowest BCUT2D eigenvalue weighted by Crippen LogP contribution is -2.11. The predicted octanol–water partition coefficient (Wildman–Crippen LogP) is 3.25. The molecule has 0 spiro atoms. The molecule has 0 aliphatic heterocycles. The average Bonchev–Trinajstić information content (AvgIpc) is 2.83. The standard InChI is InChI=1S/C11H10BrN3OS/c1-7(12)8-4-2-3-5-9(8)14-11(16)10-6-13-15-17-10/h2-7H,1H3,(H,14,16). The maximum atomic E-state index is 11.9. The molecule has 4 nitrogen and oxygen atoms in total. The van der Waals surface area contributed by atoms with Crippen LogP contribution in [0.15, 0.2) is 30.5 Å². The summed E-state index contributed by atoms with van der Waals surface area (Å²) in [4.78, 5) is 12.5. The Morgan fingerprint density at radius 3 is 2.88 bits per heavy atom. The van der Waals surface area contributed by atoms with Crippen molar-refractivity contribution in [1.82, 2.24) is 9.59 Å². The zero-order chi connectivity index (χ0) is 12.3. The number of hydrogen-bond acceptors (Lipinski definition) is 4. The smallest absolute Gasteiger partial charge is 0.269 e. The Kier molecular flexibility index (Phi) is 3.86. The molecule has 2 aromatic rings. The van der Waals surface area contributed by atoms with Gasteiger partial charge in [0.2, 0.25) is 0 Å². The number of carbonyl (C=O) groups excluding carboxylic acids is 1. The third-order valence-corrected chi connectivity index (χ3v) is 3.38. The number of nitrogens with zero attached hydrogens (tertiary/aromatic N) is 2. The zero-order valence-corrected chi connectivity index (χ0v) is 11.5. The Labute approximate surface area is 111 Å². The molecule has 0 bridgehead atoms. The highest BCUT2D eigenvalue weighted by Gasteiger charge is 2.12. The van der Waals surface area contributed by atoms with Crippen LogP contribution in [-0.4, -0.2) is 15.5 Å². The number of para-hydroxylation sites is 1. The molecule has 1 aromatic carbocycles. The van der Waals surface area contributed by atoms with E-state index in [1.165, 1.54) is 6.20 Å². The van der Waals surface area contributed by atoms with Crippen LogP contribution in [-0.2, 0) is 0 Å². The number of hydrogen-bond donors (Lipinski definition) is 1. The van der Waals surface area contributed by atoms with E-state index in [9.17, 15) is 4.79 Å². The molecule has 2 rings (SSSR count). The molecule has 0 radical (unpaired) electrons. The van der Waals surface area contributed by atoms with Gasteiger partial charge in [-0.2, -0.15) is 0 Å². The quantitative estimate of drug-likeness (QED) is 0.885. The second-order valence-electron chi connectivity index (χ2n) is 3.44. The first-order valence-corrected chi connectivity index (χ1v) is 6.69. The van der Waals surface area contributed by atoms with Gasteiger partial charge in [-0.05, 0) is 30.1 Å². The third kappa shape index (κ3) is 2.89. The summed E-state index contributed by atoms with van der Waals surface area (Å²) in [6, 6.07) is 7.68. The van der Waals surface area contributed by atoms with Crippen molar-refractivity contribution >= 4 is 39.1 Å². The minimum atomic E-state index is -0.180. The summed E-state index contributed by atoms with van der Waals surface area (Å²) >= 11 is 4.58. The van der Waals surface area contributed by atoms with E-state index in [1.807, 2.05) is 31.2 Å². The van der Waals surface area contributed by atoms with Gasteiger partial charge in [0.15, 0.2) is 0 Å². The largest absolute Gasteiger partial charge is 0.321 e. The zero-order valence-electron chi connectivity index (χ0n) is 9.05. The topological polar surface area (TPSA) is 54.9 Å². The van der Waals surface area contributed by atoms with Gasteiger partial charge in [-0.15, -0.1) is 5.10 Å². The van der Waals surface area contributed by atoms with Crippen LogP contribution < -0.4 is 5.32 Å². The molecule has 0 saturated carbocycles. The molecule has 0 aliphatic rings. The Morgan fingerprint density at radius 1 is 1.47 bits per heavy atom. The summed E-state index contributed by atoms with van der Waals surface area (Å²) in [5.41, 5.74) is 1.84. The number of carbonyl (C=O) groups is 1. The molecule has 1 unspecified atom stereocenters. The molecule has 0 fully saturated rings. The number of alkyl halides is 1. The fourth-order valence-corrected chi connectivity index (χ4v) is 2.22. The van der Waals surface area contributed by atoms with Gasteiger partial charge in [-0.3, -0.25) is 4.79 Å². The molecule has 1 N–H and O–H groups in total. The second-order valence-corrected chi connectivity index (χ2v) is 5.60. The highest BCUT2D eigenvalue weighted by molar-refractivity contribution is 9.09. The van der Waals surface area contributed by atoms with E-state index in [4.69, 9.17) is 0 Å². The third-order valence-electron chi connectivity index (χ3n) is 2.22. The van der Waals surface area contributed by atoms with Crippen molar-refractivity contribution in [3.63, 3.8) is 0 Å². The first kappa shape index (κ1) is 12.2. The summed E-state index contributed by atoms with van der Waals surface area (Å²) in [6.45, 7) is 2.01. The average molecular weight is 312 g/mol. The van der Waals surface area contributed by atoms with Crippen molar-refractivity contribution in [2.24, 2.45) is 0 Å². The number of benzene rings is 1. The van der Waals surface area contributed by atoms with Crippen LogP contribution in [0.5, 0.6) is 0 Å². The minimum absolute atomic E-state index is 0.179. The Morgan fingerprint density at radius 2 is 2.24 bits per heavy atom. The van der Waals surface area contributed by atoms with Gasteiger partial charge in [0.1, 0.15) is 4.88 Å². The van der Waals surface area contributed by atoms with Crippen LogP contribution in [0.3, 0.4) is 0 Å². The first-order valence-electron chi connectivity index (χ1n) is 5.00. The van der Waals surface area contributed by atoms with Crippen molar-refractivity contribution in [2.45, 2.75) is 11.8 Å². The van der Waals surface area contributed by atoms with Gasteiger partial charge in [0.05, 0.1) is 6.20 Å². The highest BCUT2D eigenvalue weighted by atomic mass is 79.9. The summed E-state index contributed by atoms with van der Waals surface area (Å²) in [5.74, 6) is -0.180. The molecule has 88 valence electrons. The monoisotopic (exact) mass is 311 g/mol. The van der Waals surface area contributed by atoms with Crippen molar-refractivity contribution < 1.29 is 4.79 Å². The van der Waals surface area contributed by atoms with Gasteiger partial charge in [0, 0.05) is 10.5 Å². The Bertz CT molecular complexity index is 513. The summed E-state index contributed by atoms with van der Waals surface area (Å²) in [7, 11) is 0. The molecule has 0 aliphatic carbocycles. The number of nitrogens with one attached hydrogen (secondary N) is 1. The lowest BCUT2D eigenvalue weighted by Gasteiger charge is -2.11. The Hall–Kier alpha value is -1.27. The van der Waals surface area contributed by atoms with E-state index < -0.39 is 0 Å². The summed E-state index contributed by atoms with van der Waals surface area (Å²) in [6.07, 6.45) is 1.46. The van der Waals surface area contributed by atoms with Crippen LogP contribution in [0.4, 0.5) is 5.69 Å². The molecule has 17 heavy (non-hydrogen) atoms. The van der Waals surface area contributed by atoms with Crippen molar-refractivity contribution in [3.05, 3.63) is 40.9 Å². The van der Waals surface area contributed by atoms with Gasteiger partial charge >= 0.3 is 0 Å². The van der Waals surface area contributed by atoms with Crippen LogP contribution >= 0.6 is 27.5 Å². The molecular formula is C11H10BrN3OS. The number of aromatic nitrogens is 2. The SMILES string of the molecule is CC(Br)c1ccccc1NC(=O)c1cnns1. The van der Waals surface area contributed by atoms with Crippen LogP contribution in [0.25, 0.3) is 0 Å². The molecule has 0 saturated heterocycles. The molecule has 1 amide bonds. The van der Waals surface area contributed by atoms with Crippen molar-refractivity contribution in [2.75, 3.05) is 5.32 Å². The minimum Gasteiger partial charge on any atom is -0.321 e. The van der Waals surface area contributed by atoms with E-state index in [0.29, 0.717) is 4.88 Å². The van der Waals surface area contributed by atoms with E-state index in [1.54, 1.807) is 0 Å². The van der Waals surface area contributed by atoms with E-state index in [2.05, 4.69) is 30.8 Å². The van der Waals surface area contributed by atoms with Gasteiger partial charge < -0.3 is 5.32 Å². The van der Waals surface area contributed by atoms with Crippen molar-refractivity contribution in [3.8, 4) is 0 Å². The summed E-state index contributed by atoms with van der Waals surface area (Å²) < 4.78 is 3.66. The number of halogens is 1. The highest BCUT2D eigenvalue weighted by Crippen LogP contribution is 2.28. The molecule has 1 atom stereocenters. The van der Waals surface area contributed by atoms with Crippen LogP contribution in [0.1, 0.15) is 27.0 Å². The lowest BCUT2D eigenvalue weighted by atomic mass is 10.1. The number of amides is 1. The number of rotatable bonds is 3. The molecule has 1 heterocycles. The van der Waals surface area contributed by atoms with Gasteiger partial charge in [0.25, 0.3) is 5.91 Å². The van der Waals surface area contributed by atoms with Crippen LogP contribution in [0.2, 0.25) is 0 Å². The molecular weight excluding hydrogens is 302 g/mol. The predicted molar refractivity (Wildman–Crippen MR) is 71.6 cm³/mol. The van der Waals surface area contributed by atoms with E-state index >= 15 is 0 Å². The molecule has 6 heteroatoms. The first-order chi connectivity index (χ1) is 8.18. The van der Waals surface area contributed by atoms with Crippen LogP contribution in [0, 0.1) is 0 Å². The lowest BCUT2D eigenvalue weighted by molar-refractivity contribution is 0.103. The second kappa shape index (κ2) is 5.37. The van der Waals surface area contributed by atoms with Gasteiger partial charge in [-0.1, -0.05) is 38.6 Å². The van der Waals surface area contributed by atoms with E-state index in [0.717, 1.165) is 22.8 Å². The summed E-state index contributed by atoms with van der Waals surface area (Å²) in [5, 5.41) is 6.50. The number of anilines is 1. The molecule has 1 aromatic heterocycles. The van der Waals surface area contributed by atoms with E-state index in [-0.39, 0.29) is 10.7 Å². The fourth-order valence-electron chi connectivity index (χ4n) is 1.41. The normalized spacial score (nSPS) is 12.1. The fraction of sp³-hybridized carbons (Fsp3) is 0.182. The Balaban J connectivity index is 2.22. The maximum absolute atomic E-state index is 11.9. The maximum Gasteiger partial charge on any atom is 0.269 e. The van der Waals surface area contributed by atoms with Gasteiger partial charge in [-0.25, -0.2) is 0 Å².